The largest absolute Gasteiger partial charge is 0.464 e. The van der Waals surface area contributed by atoms with Crippen molar-refractivity contribution in [2.75, 3.05) is 20.1 Å². The first-order valence-corrected chi connectivity index (χ1v) is 8.90. The number of hydrogen-bond donors (Lipinski definition) is 0. The Bertz CT molecular complexity index is 842. The van der Waals surface area contributed by atoms with Crippen LogP contribution in [0.4, 0.5) is 8.78 Å². The lowest BCUT2D eigenvalue weighted by Gasteiger charge is -2.33. The third-order valence-electron chi connectivity index (χ3n) is 4.86. The normalized spacial score (nSPS) is 15.0. The Balaban J connectivity index is 1.56. The van der Waals surface area contributed by atoms with E-state index in [1.54, 1.807) is 11.9 Å². The molecule has 0 N–H and O–H groups in total. The number of piperidine rings is 1. The molecule has 5 nitrogen and oxygen atoms in total. The lowest BCUT2D eigenvalue weighted by atomic mass is 9.94. The van der Waals surface area contributed by atoms with Crippen LogP contribution >= 0.6 is 0 Å². The van der Waals surface area contributed by atoms with Gasteiger partial charge in [-0.2, -0.15) is 0 Å². The van der Waals surface area contributed by atoms with Crippen LogP contribution in [0.2, 0.25) is 0 Å². The molecule has 1 fully saturated rings. The Morgan fingerprint density at radius 3 is 2.48 bits per heavy atom. The van der Waals surface area contributed by atoms with Crippen LogP contribution in [0.5, 0.6) is 0 Å². The predicted molar refractivity (Wildman–Crippen MR) is 94.9 cm³/mol. The number of benzene rings is 1. The average Bonchev–Trinajstić information content (AvgIpc) is 3.05. The topological polar surface area (TPSA) is 53.8 Å². The average molecular weight is 376 g/mol. The van der Waals surface area contributed by atoms with Gasteiger partial charge in [-0.3, -0.25) is 9.59 Å². The van der Waals surface area contributed by atoms with Crippen molar-refractivity contribution in [2.24, 2.45) is 5.92 Å². The summed E-state index contributed by atoms with van der Waals surface area (Å²) in [6.45, 7) is 2.97. The van der Waals surface area contributed by atoms with Crippen LogP contribution in [0.25, 0.3) is 0 Å². The van der Waals surface area contributed by atoms with E-state index in [1.165, 1.54) is 4.90 Å². The van der Waals surface area contributed by atoms with E-state index in [-0.39, 0.29) is 17.4 Å². The number of carbonyl (C=O) groups excluding carboxylic acids is 2. The molecule has 27 heavy (non-hydrogen) atoms. The maximum absolute atomic E-state index is 13.8. The molecule has 0 radical (unpaired) electrons. The third kappa shape index (κ3) is 4.35. The minimum atomic E-state index is -0.869. The van der Waals surface area contributed by atoms with Crippen molar-refractivity contribution < 1.29 is 22.8 Å². The fourth-order valence-electron chi connectivity index (χ4n) is 3.36. The molecular weight excluding hydrogens is 354 g/mol. The fraction of sp³-hybridized carbons (Fsp3) is 0.400. The Labute approximate surface area is 156 Å². The highest BCUT2D eigenvalue weighted by Gasteiger charge is 2.30. The summed E-state index contributed by atoms with van der Waals surface area (Å²) in [6.07, 6.45) is 1.02. The molecule has 2 heterocycles. The number of aryl methyl sites for hydroxylation is 1. The van der Waals surface area contributed by atoms with Gasteiger partial charge < -0.3 is 14.2 Å². The van der Waals surface area contributed by atoms with Crippen LogP contribution in [-0.4, -0.2) is 41.8 Å². The van der Waals surface area contributed by atoms with Crippen LogP contribution in [0.3, 0.4) is 0 Å². The molecule has 1 aliphatic heterocycles. The second-order valence-corrected chi connectivity index (χ2v) is 6.90. The van der Waals surface area contributed by atoms with Gasteiger partial charge in [0.05, 0.1) is 12.1 Å². The number of furan rings is 1. The van der Waals surface area contributed by atoms with Gasteiger partial charge in [0.2, 0.25) is 5.91 Å². The summed E-state index contributed by atoms with van der Waals surface area (Å²) in [5, 5.41) is 0. The molecule has 0 atom stereocenters. The highest BCUT2D eigenvalue weighted by Crippen LogP contribution is 2.23. The first-order chi connectivity index (χ1) is 12.8. The summed E-state index contributed by atoms with van der Waals surface area (Å²) in [4.78, 5) is 28.2. The van der Waals surface area contributed by atoms with Crippen LogP contribution in [0, 0.1) is 24.5 Å². The maximum Gasteiger partial charge on any atom is 0.256 e. The predicted octanol–water partition coefficient (Wildman–Crippen LogP) is 3.38. The van der Waals surface area contributed by atoms with Crippen molar-refractivity contribution in [2.45, 2.75) is 26.3 Å². The molecule has 1 aromatic carbocycles. The minimum absolute atomic E-state index is 0.00381. The SMILES string of the molecule is Cc1ccc(CN(C)C(=O)C2CCN(C(=O)c3ccc(F)cc3F)CC2)o1. The van der Waals surface area contributed by atoms with E-state index >= 15 is 0 Å². The third-order valence-corrected chi connectivity index (χ3v) is 4.86. The molecular formula is C20H22F2N2O3. The van der Waals surface area contributed by atoms with Crippen molar-refractivity contribution in [1.29, 1.82) is 0 Å². The van der Waals surface area contributed by atoms with Gasteiger partial charge in [-0.1, -0.05) is 0 Å². The van der Waals surface area contributed by atoms with Gasteiger partial charge in [0, 0.05) is 32.1 Å². The molecule has 2 aromatic rings. The molecule has 1 aromatic heterocycles. The van der Waals surface area contributed by atoms with Crippen molar-refractivity contribution in [3.05, 3.63) is 59.1 Å². The maximum atomic E-state index is 13.8. The van der Waals surface area contributed by atoms with E-state index < -0.39 is 17.5 Å². The minimum Gasteiger partial charge on any atom is -0.464 e. The number of hydrogen-bond acceptors (Lipinski definition) is 3. The van der Waals surface area contributed by atoms with Crippen molar-refractivity contribution in [3.63, 3.8) is 0 Å². The number of carbonyl (C=O) groups is 2. The summed E-state index contributed by atoms with van der Waals surface area (Å²) >= 11 is 0. The van der Waals surface area contributed by atoms with Gasteiger partial charge in [-0.15, -0.1) is 0 Å². The molecule has 3 rings (SSSR count). The number of rotatable bonds is 4. The van der Waals surface area contributed by atoms with E-state index in [9.17, 15) is 18.4 Å². The summed E-state index contributed by atoms with van der Waals surface area (Å²) < 4.78 is 32.3. The Hall–Kier alpha value is -2.70. The van der Waals surface area contributed by atoms with Crippen molar-refractivity contribution >= 4 is 11.8 Å². The van der Waals surface area contributed by atoms with Gasteiger partial charge >= 0.3 is 0 Å². The number of halogens is 2. The second kappa shape index (κ2) is 7.90. The first kappa shape index (κ1) is 19.1. The first-order valence-electron chi connectivity index (χ1n) is 8.90. The van der Waals surface area contributed by atoms with Gasteiger partial charge in [-0.25, -0.2) is 8.78 Å². The number of nitrogens with zero attached hydrogens (tertiary/aromatic N) is 2. The number of amides is 2. The lowest BCUT2D eigenvalue weighted by Crippen LogP contribution is -2.43. The Kier molecular flexibility index (Phi) is 5.58. The quantitative estimate of drug-likeness (QED) is 0.822. The molecule has 7 heteroatoms. The van der Waals surface area contributed by atoms with Crippen LogP contribution in [0.1, 0.15) is 34.7 Å². The highest BCUT2D eigenvalue weighted by molar-refractivity contribution is 5.94. The monoisotopic (exact) mass is 376 g/mol. The summed E-state index contributed by atoms with van der Waals surface area (Å²) in [6, 6.07) is 6.63. The molecule has 2 amide bonds. The highest BCUT2D eigenvalue weighted by atomic mass is 19.1. The molecule has 0 spiro atoms. The summed E-state index contributed by atoms with van der Waals surface area (Å²) in [7, 11) is 1.73. The number of likely N-dealkylation sites (tertiary alicyclic amines) is 1. The van der Waals surface area contributed by atoms with Crippen molar-refractivity contribution in [1.82, 2.24) is 9.80 Å². The Morgan fingerprint density at radius 2 is 1.89 bits per heavy atom. The summed E-state index contributed by atoms with van der Waals surface area (Å²) in [5.41, 5.74) is -0.147. The van der Waals surface area contributed by atoms with Crippen LogP contribution in [0.15, 0.2) is 34.7 Å². The van der Waals surface area contributed by atoms with E-state index in [2.05, 4.69) is 0 Å². The zero-order valence-electron chi connectivity index (χ0n) is 15.4. The standard InChI is InChI=1S/C20H22F2N2O3/c1-13-3-5-16(27-13)12-23(2)19(25)14-7-9-24(10-8-14)20(26)17-6-4-15(21)11-18(17)22/h3-6,11,14H,7-10,12H2,1-2H3. The lowest BCUT2D eigenvalue weighted by molar-refractivity contribution is -0.136. The molecule has 0 unspecified atom stereocenters. The van der Waals surface area contributed by atoms with Crippen LogP contribution in [-0.2, 0) is 11.3 Å². The van der Waals surface area contributed by atoms with E-state index in [0.29, 0.717) is 38.5 Å². The molecule has 0 aliphatic carbocycles. The van der Waals surface area contributed by atoms with E-state index in [4.69, 9.17) is 4.42 Å². The molecule has 0 bridgehead atoms. The van der Waals surface area contributed by atoms with Gasteiger partial charge in [0.25, 0.3) is 5.91 Å². The van der Waals surface area contributed by atoms with E-state index in [1.807, 2.05) is 19.1 Å². The summed E-state index contributed by atoms with van der Waals surface area (Å²) in [5.74, 6) is -0.724. The zero-order valence-corrected chi connectivity index (χ0v) is 15.4. The molecule has 144 valence electrons. The van der Waals surface area contributed by atoms with E-state index in [0.717, 1.165) is 23.7 Å². The fourth-order valence-corrected chi connectivity index (χ4v) is 3.36. The van der Waals surface area contributed by atoms with Crippen LogP contribution < -0.4 is 0 Å². The van der Waals surface area contributed by atoms with Gasteiger partial charge in [0.15, 0.2) is 0 Å². The smallest absolute Gasteiger partial charge is 0.256 e. The molecule has 1 aliphatic rings. The zero-order chi connectivity index (χ0) is 19.6. The molecule has 0 saturated carbocycles. The van der Waals surface area contributed by atoms with Gasteiger partial charge in [0.1, 0.15) is 23.2 Å². The van der Waals surface area contributed by atoms with Gasteiger partial charge in [-0.05, 0) is 44.0 Å². The second-order valence-electron chi connectivity index (χ2n) is 6.90. The molecule has 1 saturated heterocycles. The van der Waals surface area contributed by atoms with Crippen molar-refractivity contribution in [3.8, 4) is 0 Å². The Morgan fingerprint density at radius 1 is 1.19 bits per heavy atom.